The SMILES string of the molecule is CN=C1C(=C(N)c2cccnc2OC)C2OC2N(c2cc(C)c(=O)n(C)c2)C1c1ccc(Cl)cc1. The van der Waals surface area contributed by atoms with Gasteiger partial charge in [-0.15, -0.1) is 0 Å². The number of methoxy groups -OCH3 is 1. The van der Waals surface area contributed by atoms with Crippen LogP contribution in [0.15, 0.2) is 70.2 Å². The number of nitrogens with zero attached hydrogens (tertiary/aromatic N) is 4. The lowest BCUT2D eigenvalue weighted by atomic mass is 9.86. The van der Waals surface area contributed by atoms with Crippen molar-refractivity contribution in [2.45, 2.75) is 25.3 Å². The molecule has 0 radical (unpaired) electrons. The highest BCUT2D eigenvalue weighted by atomic mass is 35.5. The van der Waals surface area contributed by atoms with Crippen molar-refractivity contribution in [1.29, 1.82) is 0 Å². The number of anilines is 1. The second-order valence-corrected chi connectivity index (χ2v) is 9.04. The molecule has 5 rings (SSSR count). The molecule has 0 spiro atoms. The average molecular weight is 492 g/mol. The third-order valence-corrected chi connectivity index (χ3v) is 6.71. The van der Waals surface area contributed by atoms with E-state index in [9.17, 15) is 4.79 Å². The molecule has 180 valence electrons. The zero-order valence-electron chi connectivity index (χ0n) is 19.9. The third kappa shape index (κ3) is 3.88. The lowest BCUT2D eigenvalue weighted by Crippen LogP contribution is -2.44. The first-order valence-electron chi connectivity index (χ1n) is 11.2. The van der Waals surface area contributed by atoms with Gasteiger partial charge in [-0.3, -0.25) is 9.79 Å². The molecule has 3 aromatic rings. The van der Waals surface area contributed by atoms with Crippen LogP contribution in [0.3, 0.4) is 0 Å². The number of fused-ring (bicyclic) bond motifs is 1. The number of pyridine rings is 2. The summed E-state index contributed by atoms with van der Waals surface area (Å²) in [6.45, 7) is 1.81. The highest BCUT2D eigenvalue weighted by molar-refractivity contribution is 6.30. The number of hydrogen-bond donors (Lipinski definition) is 1. The molecular formula is C26H26ClN5O3. The summed E-state index contributed by atoms with van der Waals surface area (Å²) >= 11 is 6.21. The fraction of sp³-hybridized carbons (Fsp3) is 0.269. The van der Waals surface area contributed by atoms with Gasteiger partial charge >= 0.3 is 0 Å². The number of piperidine rings is 1. The molecule has 0 aliphatic carbocycles. The topological polar surface area (TPSA) is 98.3 Å². The van der Waals surface area contributed by atoms with Crippen molar-refractivity contribution in [2.75, 3.05) is 19.1 Å². The molecule has 2 aromatic heterocycles. The molecule has 4 heterocycles. The van der Waals surface area contributed by atoms with Gasteiger partial charge in [0.1, 0.15) is 6.10 Å². The number of rotatable bonds is 4. The van der Waals surface area contributed by atoms with Crippen LogP contribution < -0.4 is 20.9 Å². The van der Waals surface area contributed by atoms with Crippen LogP contribution in [0.1, 0.15) is 22.7 Å². The Bertz CT molecular complexity index is 1390. The van der Waals surface area contributed by atoms with Crippen LogP contribution in [-0.2, 0) is 11.8 Å². The Morgan fingerprint density at radius 2 is 2.00 bits per heavy atom. The summed E-state index contributed by atoms with van der Waals surface area (Å²) in [6.07, 6.45) is 2.91. The van der Waals surface area contributed by atoms with Crippen LogP contribution >= 0.6 is 11.6 Å². The molecule has 1 aromatic carbocycles. The van der Waals surface area contributed by atoms with Crippen molar-refractivity contribution < 1.29 is 9.47 Å². The van der Waals surface area contributed by atoms with Crippen LogP contribution in [-0.4, -0.2) is 41.8 Å². The maximum atomic E-state index is 12.4. The Kier molecular flexibility index (Phi) is 5.86. The minimum absolute atomic E-state index is 0.0417. The van der Waals surface area contributed by atoms with Crippen LogP contribution in [0, 0.1) is 6.92 Å². The van der Waals surface area contributed by atoms with Crippen molar-refractivity contribution in [1.82, 2.24) is 9.55 Å². The Labute approximate surface area is 208 Å². The number of nitrogens with two attached hydrogens (primary N) is 1. The van der Waals surface area contributed by atoms with E-state index in [0.717, 1.165) is 22.5 Å². The first-order chi connectivity index (χ1) is 16.8. The first-order valence-corrected chi connectivity index (χ1v) is 11.6. The molecule has 2 N–H and O–H groups in total. The minimum Gasteiger partial charge on any atom is -0.481 e. The third-order valence-electron chi connectivity index (χ3n) is 6.46. The van der Waals surface area contributed by atoms with Crippen molar-refractivity contribution >= 4 is 28.7 Å². The number of hydrogen-bond acceptors (Lipinski definition) is 7. The molecule has 2 fully saturated rings. The Morgan fingerprint density at radius 3 is 2.66 bits per heavy atom. The maximum absolute atomic E-state index is 12.4. The van der Waals surface area contributed by atoms with Gasteiger partial charge in [0.2, 0.25) is 5.88 Å². The number of halogens is 1. The van der Waals surface area contributed by atoms with Crippen LogP contribution in [0.5, 0.6) is 5.88 Å². The fourth-order valence-electron chi connectivity index (χ4n) is 4.79. The van der Waals surface area contributed by atoms with E-state index in [-0.39, 0.29) is 23.9 Å². The largest absolute Gasteiger partial charge is 0.481 e. The summed E-state index contributed by atoms with van der Waals surface area (Å²) in [5, 5.41) is 0.639. The van der Waals surface area contributed by atoms with E-state index in [1.807, 2.05) is 55.6 Å². The van der Waals surface area contributed by atoms with E-state index >= 15 is 0 Å². The van der Waals surface area contributed by atoms with E-state index in [0.29, 0.717) is 27.7 Å². The van der Waals surface area contributed by atoms with Crippen LogP contribution in [0.2, 0.25) is 5.02 Å². The summed E-state index contributed by atoms with van der Waals surface area (Å²) in [5.41, 5.74) is 12.0. The molecule has 0 saturated carbocycles. The molecule has 3 unspecified atom stereocenters. The summed E-state index contributed by atoms with van der Waals surface area (Å²) < 4.78 is 13.3. The highest BCUT2D eigenvalue weighted by Gasteiger charge is 2.57. The number of aryl methyl sites for hydroxylation is 2. The molecule has 0 amide bonds. The molecule has 3 atom stereocenters. The van der Waals surface area contributed by atoms with E-state index in [1.165, 1.54) is 0 Å². The van der Waals surface area contributed by atoms with Gasteiger partial charge in [-0.25, -0.2) is 4.98 Å². The Morgan fingerprint density at radius 1 is 1.26 bits per heavy atom. The maximum Gasteiger partial charge on any atom is 0.253 e. The zero-order chi connectivity index (χ0) is 24.9. The van der Waals surface area contributed by atoms with Crippen LogP contribution in [0.4, 0.5) is 5.69 Å². The standard InChI is InChI=1S/C26H26ClN5O3/c1-14-12-17(13-31(3)25(14)33)32-22(15-7-9-16(27)10-8-15)21(29-2)19(23-26(32)35-23)20(28)18-6-5-11-30-24(18)34-4/h5-13,22-23,26H,28H2,1-4H3. The first kappa shape index (κ1) is 23.1. The molecule has 9 heteroatoms. The number of ether oxygens (including phenoxy) is 2. The monoisotopic (exact) mass is 491 g/mol. The molecule has 2 aliphatic heterocycles. The number of benzene rings is 1. The van der Waals surface area contributed by atoms with Gasteiger partial charge in [0.25, 0.3) is 5.56 Å². The lowest BCUT2D eigenvalue weighted by Gasteiger charge is -2.38. The van der Waals surface area contributed by atoms with Gasteiger partial charge in [-0.05, 0) is 42.8 Å². The van der Waals surface area contributed by atoms with E-state index in [1.54, 1.807) is 32.0 Å². The zero-order valence-corrected chi connectivity index (χ0v) is 20.7. The highest BCUT2D eigenvalue weighted by Crippen LogP contribution is 2.49. The lowest BCUT2D eigenvalue weighted by molar-refractivity contribution is 0.380. The summed E-state index contributed by atoms with van der Waals surface area (Å²) in [6, 6.07) is 12.9. The minimum atomic E-state index is -0.325. The van der Waals surface area contributed by atoms with Crippen molar-refractivity contribution in [3.05, 3.63) is 92.5 Å². The molecule has 35 heavy (non-hydrogen) atoms. The van der Waals surface area contributed by atoms with Crippen molar-refractivity contribution in [3.63, 3.8) is 0 Å². The second-order valence-electron chi connectivity index (χ2n) is 8.60. The Hall–Kier alpha value is -3.62. The van der Waals surface area contributed by atoms with Gasteiger partial charge in [-0.2, -0.15) is 0 Å². The van der Waals surface area contributed by atoms with Gasteiger partial charge in [-0.1, -0.05) is 23.7 Å². The summed E-state index contributed by atoms with van der Waals surface area (Å²) in [5.74, 6) is 0.435. The molecule has 2 aliphatic rings. The molecule has 0 bridgehead atoms. The van der Waals surface area contributed by atoms with E-state index in [4.69, 9.17) is 31.8 Å². The fourth-order valence-corrected chi connectivity index (χ4v) is 4.92. The van der Waals surface area contributed by atoms with Crippen molar-refractivity contribution in [2.24, 2.45) is 17.8 Å². The second kappa shape index (κ2) is 8.87. The van der Waals surface area contributed by atoms with Crippen LogP contribution in [0.25, 0.3) is 5.70 Å². The average Bonchev–Trinajstić information content (AvgIpc) is 3.66. The predicted octanol–water partition coefficient (Wildman–Crippen LogP) is 3.48. The molecular weight excluding hydrogens is 466 g/mol. The number of epoxide rings is 1. The van der Waals surface area contributed by atoms with Gasteiger partial charge < -0.3 is 24.7 Å². The number of aromatic nitrogens is 2. The molecule has 2 saturated heterocycles. The summed E-state index contributed by atoms with van der Waals surface area (Å²) in [4.78, 5) is 23.6. The smallest absolute Gasteiger partial charge is 0.253 e. The van der Waals surface area contributed by atoms with E-state index in [2.05, 4.69) is 9.88 Å². The number of aliphatic imine (C=N–C) groups is 1. The van der Waals surface area contributed by atoms with E-state index < -0.39 is 0 Å². The Balaban J connectivity index is 1.72. The predicted molar refractivity (Wildman–Crippen MR) is 137 cm³/mol. The normalized spacial score (nSPS) is 23.7. The van der Waals surface area contributed by atoms with Gasteiger partial charge in [0.15, 0.2) is 6.23 Å². The van der Waals surface area contributed by atoms with Gasteiger partial charge in [0.05, 0.1) is 35.8 Å². The summed E-state index contributed by atoms with van der Waals surface area (Å²) in [7, 11) is 5.06. The van der Waals surface area contributed by atoms with Crippen molar-refractivity contribution in [3.8, 4) is 5.88 Å². The quantitative estimate of drug-likeness (QED) is 0.561. The molecule has 8 nitrogen and oxygen atoms in total. The van der Waals surface area contributed by atoms with Gasteiger partial charge in [0, 0.05) is 42.6 Å².